The molecule has 0 saturated heterocycles. The van der Waals surface area contributed by atoms with Gasteiger partial charge in [-0.1, -0.05) is 0 Å². The van der Waals surface area contributed by atoms with Crippen LogP contribution in [0.2, 0.25) is 0 Å². The number of nitriles is 1. The van der Waals surface area contributed by atoms with E-state index in [4.69, 9.17) is 10.00 Å². The van der Waals surface area contributed by atoms with Gasteiger partial charge in [0.25, 0.3) is 0 Å². The zero-order valence-electron chi connectivity index (χ0n) is 7.30. The first kappa shape index (κ1) is 10.9. The predicted molar refractivity (Wildman–Crippen MR) is 44.3 cm³/mol. The fourth-order valence-corrected chi connectivity index (χ4v) is 0.735. The molecule has 0 aromatic heterocycles. The van der Waals surface area contributed by atoms with Crippen molar-refractivity contribution in [2.24, 2.45) is 0 Å². The van der Waals surface area contributed by atoms with Crippen LogP contribution in [0.5, 0.6) is 0 Å². The van der Waals surface area contributed by atoms with Crippen molar-refractivity contribution in [2.75, 3.05) is 19.7 Å². The lowest BCUT2D eigenvalue weighted by Gasteiger charge is -2.00. The SMILES string of the molecule is CCOC(=O)CCCNCC#N. The molecule has 0 aromatic rings. The second-order valence-corrected chi connectivity index (χ2v) is 2.24. The average Bonchev–Trinajstić information content (AvgIpc) is 2.05. The monoisotopic (exact) mass is 170 g/mol. The molecule has 0 radical (unpaired) electrons. The van der Waals surface area contributed by atoms with E-state index in [-0.39, 0.29) is 5.97 Å². The summed E-state index contributed by atoms with van der Waals surface area (Å²) in [6.07, 6.45) is 1.15. The number of carbonyl (C=O) groups is 1. The van der Waals surface area contributed by atoms with Gasteiger partial charge >= 0.3 is 5.97 Å². The van der Waals surface area contributed by atoms with Gasteiger partial charge in [-0.15, -0.1) is 0 Å². The van der Waals surface area contributed by atoms with Crippen LogP contribution in [0, 0.1) is 11.3 Å². The van der Waals surface area contributed by atoms with Crippen LogP contribution >= 0.6 is 0 Å². The number of esters is 1. The standard InChI is InChI=1S/C8H14N2O2/c1-2-12-8(11)4-3-6-10-7-5-9/h10H,2-4,6-7H2,1H3. The highest BCUT2D eigenvalue weighted by Gasteiger charge is 1.99. The number of hydrogen-bond donors (Lipinski definition) is 1. The third-order valence-electron chi connectivity index (χ3n) is 1.24. The van der Waals surface area contributed by atoms with Gasteiger partial charge in [0.15, 0.2) is 0 Å². The van der Waals surface area contributed by atoms with Gasteiger partial charge < -0.3 is 10.1 Å². The highest BCUT2D eigenvalue weighted by molar-refractivity contribution is 5.69. The molecule has 0 unspecified atom stereocenters. The lowest BCUT2D eigenvalue weighted by molar-refractivity contribution is -0.143. The summed E-state index contributed by atoms with van der Waals surface area (Å²) < 4.78 is 4.72. The molecule has 0 aliphatic carbocycles. The minimum Gasteiger partial charge on any atom is -0.466 e. The summed E-state index contributed by atoms with van der Waals surface area (Å²) in [5.74, 6) is -0.170. The molecule has 0 bridgehead atoms. The van der Waals surface area contributed by atoms with Gasteiger partial charge in [0.1, 0.15) is 0 Å². The molecular formula is C8H14N2O2. The molecule has 0 rings (SSSR count). The highest BCUT2D eigenvalue weighted by atomic mass is 16.5. The normalized spacial score (nSPS) is 9.00. The van der Waals surface area contributed by atoms with E-state index in [9.17, 15) is 4.79 Å². The number of carbonyl (C=O) groups excluding carboxylic acids is 1. The Kier molecular flexibility index (Phi) is 7.30. The van der Waals surface area contributed by atoms with E-state index in [1.807, 2.05) is 6.07 Å². The van der Waals surface area contributed by atoms with E-state index in [2.05, 4.69) is 5.32 Å². The summed E-state index contributed by atoms with van der Waals surface area (Å²) in [6, 6.07) is 1.95. The van der Waals surface area contributed by atoms with Crippen LogP contribution in [-0.4, -0.2) is 25.7 Å². The summed E-state index contributed by atoms with van der Waals surface area (Å²) in [4.78, 5) is 10.8. The zero-order chi connectivity index (χ0) is 9.23. The molecule has 0 atom stereocenters. The maximum Gasteiger partial charge on any atom is 0.305 e. The molecule has 0 saturated carbocycles. The molecule has 0 fully saturated rings. The molecule has 0 aliphatic heterocycles. The van der Waals surface area contributed by atoms with Crippen molar-refractivity contribution in [3.63, 3.8) is 0 Å². The van der Waals surface area contributed by atoms with Crippen LogP contribution in [0.3, 0.4) is 0 Å². The first-order chi connectivity index (χ1) is 5.81. The van der Waals surface area contributed by atoms with E-state index in [1.165, 1.54) is 0 Å². The van der Waals surface area contributed by atoms with Crippen molar-refractivity contribution in [2.45, 2.75) is 19.8 Å². The van der Waals surface area contributed by atoms with Gasteiger partial charge in [-0.25, -0.2) is 0 Å². The van der Waals surface area contributed by atoms with E-state index in [0.29, 0.717) is 26.1 Å². The van der Waals surface area contributed by atoms with Crippen molar-refractivity contribution in [1.82, 2.24) is 5.32 Å². The predicted octanol–water partition coefficient (Wildman–Crippen LogP) is 0.443. The smallest absolute Gasteiger partial charge is 0.305 e. The third-order valence-corrected chi connectivity index (χ3v) is 1.24. The maximum atomic E-state index is 10.8. The molecule has 1 N–H and O–H groups in total. The molecule has 0 aromatic carbocycles. The van der Waals surface area contributed by atoms with E-state index >= 15 is 0 Å². The van der Waals surface area contributed by atoms with Gasteiger partial charge in [-0.3, -0.25) is 4.79 Å². The Morgan fingerprint density at radius 1 is 1.67 bits per heavy atom. The Hall–Kier alpha value is -1.08. The number of nitrogens with zero attached hydrogens (tertiary/aromatic N) is 1. The van der Waals surface area contributed by atoms with E-state index in [0.717, 1.165) is 6.42 Å². The topological polar surface area (TPSA) is 62.1 Å². The Balaban J connectivity index is 3.09. The van der Waals surface area contributed by atoms with Crippen molar-refractivity contribution in [3.8, 4) is 6.07 Å². The van der Waals surface area contributed by atoms with Crippen LogP contribution < -0.4 is 5.32 Å². The quantitative estimate of drug-likeness (QED) is 0.357. The highest BCUT2D eigenvalue weighted by Crippen LogP contribution is 1.90. The summed E-state index contributed by atoms with van der Waals surface area (Å²) in [6.45, 7) is 3.24. The second-order valence-electron chi connectivity index (χ2n) is 2.24. The van der Waals surface area contributed by atoms with Crippen molar-refractivity contribution < 1.29 is 9.53 Å². The van der Waals surface area contributed by atoms with Crippen LogP contribution in [0.15, 0.2) is 0 Å². The summed E-state index contributed by atoms with van der Waals surface area (Å²) >= 11 is 0. The first-order valence-electron chi connectivity index (χ1n) is 4.04. The van der Waals surface area contributed by atoms with Crippen LogP contribution in [-0.2, 0) is 9.53 Å². The largest absolute Gasteiger partial charge is 0.466 e. The van der Waals surface area contributed by atoms with Gasteiger partial charge in [-0.05, 0) is 19.9 Å². The number of ether oxygens (including phenoxy) is 1. The van der Waals surface area contributed by atoms with Gasteiger partial charge in [0.2, 0.25) is 0 Å². The summed E-state index contributed by atoms with van der Waals surface area (Å²) in [7, 11) is 0. The number of hydrogen-bond acceptors (Lipinski definition) is 4. The van der Waals surface area contributed by atoms with Gasteiger partial charge in [0, 0.05) is 6.42 Å². The Bertz CT molecular complexity index is 163. The molecule has 4 heteroatoms. The van der Waals surface area contributed by atoms with Crippen LogP contribution in [0.4, 0.5) is 0 Å². The maximum absolute atomic E-state index is 10.8. The summed E-state index contributed by atoms with van der Waals surface area (Å²) in [5.41, 5.74) is 0. The molecule has 68 valence electrons. The Morgan fingerprint density at radius 3 is 3.00 bits per heavy atom. The van der Waals surface area contributed by atoms with Crippen molar-refractivity contribution >= 4 is 5.97 Å². The first-order valence-corrected chi connectivity index (χ1v) is 4.04. The van der Waals surface area contributed by atoms with Gasteiger partial charge in [0.05, 0.1) is 19.2 Å². The Labute approximate surface area is 72.5 Å². The summed E-state index contributed by atoms with van der Waals surface area (Å²) in [5, 5.41) is 11.0. The minimum absolute atomic E-state index is 0.170. The molecule has 0 aliphatic rings. The molecule has 12 heavy (non-hydrogen) atoms. The molecule has 4 nitrogen and oxygen atoms in total. The molecular weight excluding hydrogens is 156 g/mol. The number of rotatable bonds is 6. The van der Waals surface area contributed by atoms with Crippen molar-refractivity contribution in [3.05, 3.63) is 0 Å². The second kappa shape index (κ2) is 8.02. The molecule has 0 heterocycles. The van der Waals surface area contributed by atoms with Crippen molar-refractivity contribution in [1.29, 1.82) is 5.26 Å². The van der Waals surface area contributed by atoms with E-state index in [1.54, 1.807) is 6.92 Å². The van der Waals surface area contributed by atoms with Crippen LogP contribution in [0.1, 0.15) is 19.8 Å². The average molecular weight is 170 g/mol. The van der Waals surface area contributed by atoms with Gasteiger partial charge in [-0.2, -0.15) is 5.26 Å². The third kappa shape index (κ3) is 7.03. The fourth-order valence-electron chi connectivity index (χ4n) is 0.735. The molecule has 0 amide bonds. The Morgan fingerprint density at radius 2 is 2.42 bits per heavy atom. The lowest BCUT2D eigenvalue weighted by Crippen LogP contribution is -2.16. The number of nitrogens with one attached hydrogen (secondary N) is 1. The minimum atomic E-state index is -0.170. The van der Waals surface area contributed by atoms with Crippen LogP contribution in [0.25, 0.3) is 0 Å². The fraction of sp³-hybridized carbons (Fsp3) is 0.750. The van der Waals surface area contributed by atoms with E-state index < -0.39 is 0 Å². The molecule has 0 spiro atoms. The zero-order valence-corrected chi connectivity index (χ0v) is 7.30. The lowest BCUT2D eigenvalue weighted by atomic mass is 10.3.